The van der Waals surface area contributed by atoms with Gasteiger partial charge in [-0.2, -0.15) is 0 Å². The Morgan fingerprint density at radius 3 is 2.64 bits per heavy atom. The first kappa shape index (κ1) is 9.21. The molecule has 3 saturated carbocycles. The van der Waals surface area contributed by atoms with E-state index in [4.69, 9.17) is 5.73 Å². The van der Waals surface area contributed by atoms with Crippen LogP contribution in [0.5, 0.6) is 0 Å². The van der Waals surface area contributed by atoms with Crippen molar-refractivity contribution in [2.45, 2.75) is 52.5 Å². The Balaban J connectivity index is 1.92. The predicted molar refractivity (Wildman–Crippen MR) is 58.8 cm³/mol. The fourth-order valence-corrected chi connectivity index (χ4v) is 4.87. The van der Waals surface area contributed by atoms with E-state index in [1.165, 1.54) is 25.7 Å². The second kappa shape index (κ2) is 2.37. The van der Waals surface area contributed by atoms with Crippen LogP contribution in [0.15, 0.2) is 0 Å². The number of hydrogen-bond acceptors (Lipinski definition) is 1. The molecule has 0 aromatic rings. The summed E-state index contributed by atoms with van der Waals surface area (Å²) in [6.45, 7) is 7.31. The molecule has 2 N–H and O–H groups in total. The third-order valence-corrected chi connectivity index (χ3v) is 6.35. The first-order chi connectivity index (χ1) is 6.56. The van der Waals surface area contributed by atoms with Crippen LogP contribution in [0.4, 0.5) is 0 Å². The maximum Gasteiger partial charge on any atom is 0.0136 e. The first-order valence-electron chi connectivity index (χ1n) is 6.32. The van der Waals surface area contributed by atoms with E-state index >= 15 is 0 Å². The van der Waals surface area contributed by atoms with Crippen molar-refractivity contribution >= 4 is 0 Å². The van der Waals surface area contributed by atoms with Gasteiger partial charge in [0, 0.05) is 6.04 Å². The molecule has 5 unspecified atom stereocenters. The molecule has 6 atom stereocenters. The van der Waals surface area contributed by atoms with E-state index < -0.39 is 0 Å². The topological polar surface area (TPSA) is 26.0 Å². The molecule has 1 heteroatoms. The number of nitrogens with two attached hydrogens (primary N) is 1. The van der Waals surface area contributed by atoms with Gasteiger partial charge in [-0.1, -0.05) is 20.8 Å². The molecule has 0 amide bonds. The van der Waals surface area contributed by atoms with E-state index in [2.05, 4.69) is 20.8 Å². The average molecular weight is 193 g/mol. The molecule has 3 fully saturated rings. The van der Waals surface area contributed by atoms with Crippen LogP contribution < -0.4 is 5.73 Å². The third kappa shape index (κ3) is 0.743. The quantitative estimate of drug-likeness (QED) is 0.681. The summed E-state index contributed by atoms with van der Waals surface area (Å²) in [6, 6.07) is 0.544. The molecule has 0 aromatic heterocycles. The minimum absolute atomic E-state index is 0.544. The van der Waals surface area contributed by atoms with E-state index in [1.54, 1.807) is 0 Å². The molecule has 0 heterocycles. The summed E-state index contributed by atoms with van der Waals surface area (Å²) < 4.78 is 0. The minimum Gasteiger partial charge on any atom is -0.327 e. The molecule has 3 aliphatic rings. The average Bonchev–Trinajstić information content (AvgIpc) is 2.69. The van der Waals surface area contributed by atoms with Crippen molar-refractivity contribution in [3.8, 4) is 0 Å². The molecule has 14 heavy (non-hydrogen) atoms. The lowest BCUT2D eigenvalue weighted by atomic mass is 9.49. The summed E-state index contributed by atoms with van der Waals surface area (Å²) in [5.41, 5.74) is 7.56. The summed E-state index contributed by atoms with van der Waals surface area (Å²) in [7, 11) is 0. The zero-order chi connectivity index (χ0) is 10.1. The van der Waals surface area contributed by atoms with Gasteiger partial charge < -0.3 is 5.73 Å². The molecule has 3 aliphatic carbocycles. The Morgan fingerprint density at radius 2 is 2.14 bits per heavy atom. The zero-order valence-electron chi connectivity index (χ0n) is 9.72. The van der Waals surface area contributed by atoms with Gasteiger partial charge in [-0.05, 0) is 54.3 Å². The van der Waals surface area contributed by atoms with Gasteiger partial charge in [0.05, 0.1) is 0 Å². The van der Waals surface area contributed by atoms with E-state index in [0.29, 0.717) is 16.9 Å². The van der Waals surface area contributed by atoms with Crippen LogP contribution in [-0.4, -0.2) is 6.04 Å². The van der Waals surface area contributed by atoms with Crippen LogP contribution in [0.3, 0.4) is 0 Å². The highest BCUT2D eigenvalue weighted by Crippen LogP contribution is 2.75. The monoisotopic (exact) mass is 193 g/mol. The zero-order valence-corrected chi connectivity index (χ0v) is 9.72. The fourth-order valence-electron chi connectivity index (χ4n) is 4.87. The Bertz CT molecular complexity index is 274. The van der Waals surface area contributed by atoms with Crippen molar-refractivity contribution in [3.63, 3.8) is 0 Å². The SMILES string of the molecule is CC[C@]12CC(C)C3(C)CCC3C1C2N. The largest absolute Gasteiger partial charge is 0.327 e. The lowest BCUT2D eigenvalue weighted by Crippen LogP contribution is -2.48. The summed E-state index contributed by atoms with van der Waals surface area (Å²) in [4.78, 5) is 0. The molecule has 1 nitrogen and oxygen atoms in total. The van der Waals surface area contributed by atoms with Crippen molar-refractivity contribution in [2.24, 2.45) is 34.3 Å². The second-order valence-corrected chi connectivity index (χ2v) is 6.39. The molecule has 0 aliphatic heterocycles. The van der Waals surface area contributed by atoms with Gasteiger partial charge in [-0.25, -0.2) is 0 Å². The van der Waals surface area contributed by atoms with Crippen LogP contribution in [0, 0.1) is 28.6 Å². The van der Waals surface area contributed by atoms with Crippen molar-refractivity contribution in [1.82, 2.24) is 0 Å². The highest BCUT2D eigenvalue weighted by molar-refractivity contribution is 5.24. The van der Waals surface area contributed by atoms with Gasteiger partial charge >= 0.3 is 0 Å². The van der Waals surface area contributed by atoms with E-state index in [9.17, 15) is 0 Å². The summed E-state index contributed by atoms with van der Waals surface area (Å²) in [5, 5.41) is 0. The third-order valence-electron chi connectivity index (χ3n) is 6.35. The van der Waals surface area contributed by atoms with Gasteiger partial charge in [0.15, 0.2) is 0 Å². The molecule has 3 rings (SSSR count). The van der Waals surface area contributed by atoms with Crippen LogP contribution in [0.2, 0.25) is 0 Å². The summed E-state index contributed by atoms with van der Waals surface area (Å²) >= 11 is 0. The molecular weight excluding hydrogens is 170 g/mol. The van der Waals surface area contributed by atoms with Gasteiger partial charge in [-0.3, -0.25) is 0 Å². The van der Waals surface area contributed by atoms with E-state index in [-0.39, 0.29) is 0 Å². The van der Waals surface area contributed by atoms with Crippen LogP contribution in [0.1, 0.15) is 46.5 Å². The highest BCUT2D eigenvalue weighted by Gasteiger charge is 2.72. The summed E-state index contributed by atoms with van der Waals surface area (Å²) in [5.74, 6) is 2.77. The molecule has 0 aromatic carbocycles. The van der Waals surface area contributed by atoms with Crippen LogP contribution in [-0.2, 0) is 0 Å². The number of rotatable bonds is 1. The van der Waals surface area contributed by atoms with Gasteiger partial charge in [0.1, 0.15) is 0 Å². The standard InChI is InChI=1S/C13H23N/c1-4-13-7-8(2)12(3)6-5-9(12)10(13)11(13)14/h8-11H,4-7,14H2,1-3H3/t8?,9?,10?,11?,12?,13-/m0/s1. The van der Waals surface area contributed by atoms with E-state index in [0.717, 1.165) is 17.8 Å². The molecule has 0 bridgehead atoms. The predicted octanol–water partition coefficient (Wildman–Crippen LogP) is 2.80. The maximum atomic E-state index is 6.32. The Morgan fingerprint density at radius 1 is 1.43 bits per heavy atom. The second-order valence-electron chi connectivity index (χ2n) is 6.39. The van der Waals surface area contributed by atoms with Gasteiger partial charge in [-0.15, -0.1) is 0 Å². The lowest BCUT2D eigenvalue weighted by molar-refractivity contribution is -0.0714. The Kier molecular flexibility index (Phi) is 1.56. The first-order valence-corrected chi connectivity index (χ1v) is 6.32. The maximum absolute atomic E-state index is 6.32. The fraction of sp³-hybridized carbons (Fsp3) is 1.00. The smallest absolute Gasteiger partial charge is 0.0136 e. The Labute approximate surface area is 87.4 Å². The van der Waals surface area contributed by atoms with Gasteiger partial charge in [0.25, 0.3) is 0 Å². The highest BCUT2D eigenvalue weighted by atomic mass is 14.9. The van der Waals surface area contributed by atoms with Crippen molar-refractivity contribution in [2.75, 3.05) is 0 Å². The summed E-state index contributed by atoms with van der Waals surface area (Å²) in [6.07, 6.45) is 5.64. The molecule has 0 spiro atoms. The number of fused-ring (bicyclic) bond motifs is 3. The lowest BCUT2D eigenvalue weighted by Gasteiger charge is -2.56. The Hall–Kier alpha value is -0.0400. The van der Waals surface area contributed by atoms with Gasteiger partial charge in [0.2, 0.25) is 0 Å². The minimum atomic E-state index is 0.544. The van der Waals surface area contributed by atoms with Crippen molar-refractivity contribution < 1.29 is 0 Å². The molecule has 0 saturated heterocycles. The van der Waals surface area contributed by atoms with Crippen molar-refractivity contribution in [1.29, 1.82) is 0 Å². The molecule has 80 valence electrons. The van der Waals surface area contributed by atoms with Crippen LogP contribution in [0.25, 0.3) is 0 Å². The normalized spacial score (nSPS) is 65.1. The molecule has 0 radical (unpaired) electrons. The van der Waals surface area contributed by atoms with E-state index in [1.807, 2.05) is 0 Å². The van der Waals surface area contributed by atoms with Crippen LogP contribution >= 0.6 is 0 Å². The number of hydrogen-bond donors (Lipinski definition) is 1. The van der Waals surface area contributed by atoms with Crippen molar-refractivity contribution in [3.05, 3.63) is 0 Å². The molecular formula is C13H23N.